The van der Waals surface area contributed by atoms with E-state index >= 15 is 0 Å². The molecule has 0 spiro atoms. The first kappa shape index (κ1) is 17.2. The Kier molecular flexibility index (Phi) is 5.93. The zero-order valence-corrected chi connectivity index (χ0v) is 14.4. The van der Waals surface area contributed by atoms with E-state index in [4.69, 9.17) is 4.74 Å². The summed E-state index contributed by atoms with van der Waals surface area (Å²) < 4.78 is 5.09. The van der Waals surface area contributed by atoms with Gasteiger partial charge in [0.2, 0.25) is 0 Å². The number of ether oxygens (including phenoxy) is 1. The Morgan fingerprint density at radius 3 is 2.43 bits per heavy atom. The fourth-order valence-electron chi connectivity index (χ4n) is 2.23. The minimum absolute atomic E-state index is 0.0784. The van der Waals surface area contributed by atoms with E-state index < -0.39 is 5.97 Å². The van der Waals surface area contributed by atoms with Crippen LogP contribution in [0, 0.1) is 13.8 Å². The molecular weight excluding hydrogens is 310 g/mol. The van der Waals surface area contributed by atoms with Crippen LogP contribution >= 0.6 is 11.3 Å². The molecule has 0 aliphatic rings. The Morgan fingerprint density at radius 2 is 1.87 bits per heavy atom. The van der Waals surface area contributed by atoms with Crippen LogP contribution in [0.1, 0.15) is 45.7 Å². The number of hydrogen-bond donors (Lipinski definition) is 1. The average molecular weight is 331 g/mol. The second kappa shape index (κ2) is 7.92. The van der Waals surface area contributed by atoms with Gasteiger partial charge in [-0.3, -0.25) is 4.79 Å². The number of esters is 1. The number of carbonyl (C=O) groups is 2. The number of rotatable bonds is 6. The number of hydrogen-bond acceptors (Lipinski definition) is 4. The Hall–Kier alpha value is -2.14. The third-order valence-electron chi connectivity index (χ3n) is 3.61. The average Bonchev–Trinajstić information content (AvgIpc) is 2.97. The van der Waals surface area contributed by atoms with Crippen molar-refractivity contribution in [1.29, 1.82) is 0 Å². The largest absolute Gasteiger partial charge is 0.451 e. The molecule has 2 rings (SSSR count). The fourth-order valence-corrected chi connectivity index (χ4v) is 3.05. The van der Waals surface area contributed by atoms with Crippen LogP contribution in [-0.4, -0.2) is 18.5 Å². The molecule has 23 heavy (non-hydrogen) atoms. The second-order valence-corrected chi connectivity index (χ2v) is 6.36. The first-order chi connectivity index (χ1) is 11.0. The molecule has 5 heteroatoms. The van der Waals surface area contributed by atoms with Crippen LogP contribution in [0.2, 0.25) is 0 Å². The lowest BCUT2D eigenvalue weighted by molar-refractivity contribution is -0.125. The first-order valence-corrected chi connectivity index (χ1v) is 8.46. The first-order valence-electron chi connectivity index (χ1n) is 7.58. The van der Waals surface area contributed by atoms with Crippen LogP contribution in [0.3, 0.4) is 0 Å². The summed E-state index contributed by atoms with van der Waals surface area (Å²) in [6.07, 6.45) is 0.771. The highest BCUT2D eigenvalue weighted by Crippen LogP contribution is 2.18. The summed E-state index contributed by atoms with van der Waals surface area (Å²) in [5.41, 5.74) is 3.09. The van der Waals surface area contributed by atoms with Crippen LogP contribution in [0.15, 0.2) is 35.7 Å². The molecule has 1 N–H and O–H groups in total. The van der Waals surface area contributed by atoms with Gasteiger partial charge in [-0.05, 0) is 42.8 Å². The number of aryl methyl sites for hydroxylation is 2. The van der Waals surface area contributed by atoms with Crippen molar-refractivity contribution in [2.75, 3.05) is 6.61 Å². The highest BCUT2D eigenvalue weighted by atomic mass is 32.1. The molecule has 4 nitrogen and oxygen atoms in total. The molecule has 122 valence electrons. The minimum atomic E-state index is -0.448. The predicted octanol–water partition coefficient (Wildman–Crippen LogP) is 3.79. The number of benzene rings is 1. The highest BCUT2D eigenvalue weighted by molar-refractivity contribution is 7.12. The summed E-state index contributed by atoms with van der Waals surface area (Å²) in [6, 6.07) is 9.82. The van der Waals surface area contributed by atoms with Gasteiger partial charge in [0.15, 0.2) is 6.61 Å². The maximum Gasteiger partial charge on any atom is 0.349 e. The van der Waals surface area contributed by atoms with Gasteiger partial charge in [0.25, 0.3) is 5.91 Å². The number of amides is 1. The molecule has 0 unspecified atom stereocenters. The van der Waals surface area contributed by atoms with Crippen molar-refractivity contribution in [2.24, 2.45) is 0 Å². The minimum Gasteiger partial charge on any atom is -0.451 e. The zero-order chi connectivity index (χ0) is 16.8. The summed E-state index contributed by atoms with van der Waals surface area (Å²) in [6.45, 7) is 5.61. The normalized spacial score (nSPS) is 11.8. The molecule has 1 aromatic heterocycles. The van der Waals surface area contributed by atoms with Crippen molar-refractivity contribution in [2.45, 2.75) is 33.2 Å². The summed E-state index contributed by atoms with van der Waals surface area (Å²) in [7, 11) is 0. The lowest BCUT2D eigenvalue weighted by Gasteiger charge is -2.17. The molecular formula is C18H21NO3S. The van der Waals surface area contributed by atoms with Gasteiger partial charge in [-0.2, -0.15) is 0 Å². The van der Waals surface area contributed by atoms with Crippen molar-refractivity contribution in [3.8, 4) is 0 Å². The van der Waals surface area contributed by atoms with Gasteiger partial charge in [0.1, 0.15) is 4.88 Å². The lowest BCUT2D eigenvalue weighted by atomic mass is 10.0. The molecule has 1 aromatic carbocycles. The zero-order valence-electron chi connectivity index (χ0n) is 13.6. The Bertz CT molecular complexity index is 676. The van der Waals surface area contributed by atoms with Gasteiger partial charge in [0, 0.05) is 0 Å². The van der Waals surface area contributed by atoms with E-state index in [1.54, 1.807) is 0 Å². The monoisotopic (exact) mass is 331 g/mol. The molecule has 0 fully saturated rings. The van der Waals surface area contributed by atoms with Crippen molar-refractivity contribution in [3.63, 3.8) is 0 Å². The van der Waals surface area contributed by atoms with E-state index in [1.165, 1.54) is 16.9 Å². The fraction of sp³-hybridized carbons (Fsp3) is 0.333. The third-order valence-corrected chi connectivity index (χ3v) is 4.60. The van der Waals surface area contributed by atoms with Crippen LogP contribution in [0.5, 0.6) is 0 Å². The molecule has 0 aliphatic carbocycles. The summed E-state index contributed by atoms with van der Waals surface area (Å²) in [5, 5.41) is 4.73. The van der Waals surface area contributed by atoms with E-state index in [0.717, 1.165) is 17.5 Å². The summed E-state index contributed by atoms with van der Waals surface area (Å²) >= 11 is 1.32. The maximum atomic E-state index is 12.0. The third kappa shape index (κ3) is 4.66. The number of thiophene rings is 1. The SMILES string of the molecule is CC[C@@H](NC(=O)COC(=O)c1sccc1C)c1ccc(C)cc1. The molecule has 0 saturated carbocycles. The van der Waals surface area contributed by atoms with Gasteiger partial charge in [-0.15, -0.1) is 11.3 Å². The Morgan fingerprint density at radius 1 is 1.17 bits per heavy atom. The van der Waals surface area contributed by atoms with Crippen LogP contribution in [0.4, 0.5) is 0 Å². The summed E-state index contributed by atoms with van der Waals surface area (Å²) in [4.78, 5) is 24.5. The molecule has 0 bridgehead atoms. The van der Waals surface area contributed by atoms with E-state index in [0.29, 0.717) is 4.88 Å². The number of carbonyl (C=O) groups excluding carboxylic acids is 2. The van der Waals surface area contributed by atoms with E-state index in [1.807, 2.05) is 56.5 Å². The van der Waals surface area contributed by atoms with Crippen molar-refractivity contribution >= 4 is 23.2 Å². The smallest absolute Gasteiger partial charge is 0.349 e. The molecule has 1 amide bonds. The molecule has 0 aliphatic heterocycles. The van der Waals surface area contributed by atoms with Gasteiger partial charge >= 0.3 is 5.97 Å². The van der Waals surface area contributed by atoms with Crippen LogP contribution in [0.25, 0.3) is 0 Å². The molecule has 0 saturated heterocycles. The second-order valence-electron chi connectivity index (χ2n) is 5.45. The quantitative estimate of drug-likeness (QED) is 0.819. The van der Waals surface area contributed by atoms with Gasteiger partial charge in [-0.1, -0.05) is 36.8 Å². The van der Waals surface area contributed by atoms with Crippen molar-refractivity contribution < 1.29 is 14.3 Å². The van der Waals surface area contributed by atoms with Gasteiger partial charge in [-0.25, -0.2) is 4.79 Å². The van der Waals surface area contributed by atoms with E-state index in [2.05, 4.69) is 5.32 Å². The summed E-state index contributed by atoms with van der Waals surface area (Å²) in [5.74, 6) is -0.740. The molecule has 1 atom stereocenters. The molecule has 2 aromatic rings. The van der Waals surface area contributed by atoms with Crippen LogP contribution in [-0.2, 0) is 9.53 Å². The highest BCUT2D eigenvalue weighted by Gasteiger charge is 2.16. The van der Waals surface area contributed by atoms with Crippen molar-refractivity contribution in [3.05, 3.63) is 57.3 Å². The van der Waals surface area contributed by atoms with E-state index in [9.17, 15) is 9.59 Å². The standard InChI is InChI=1S/C18H21NO3S/c1-4-15(14-7-5-12(2)6-8-14)19-16(20)11-22-18(21)17-13(3)9-10-23-17/h5-10,15H,4,11H2,1-3H3,(H,19,20)/t15-/m1/s1. The predicted molar refractivity (Wildman–Crippen MR) is 91.7 cm³/mol. The van der Waals surface area contributed by atoms with E-state index in [-0.39, 0.29) is 18.6 Å². The Labute approximate surface area is 140 Å². The number of nitrogens with one attached hydrogen (secondary N) is 1. The van der Waals surface area contributed by atoms with Gasteiger partial charge < -0.3 is 10.1 Å². The maximum absolute atomic E-state index is 12.0. The molecule has 1 heterocycles. The lowest BCUT2D eigenvalue weighted by Crippen LogP contribution is -2.32. The van der Waals surface area contributed by atoms with Crippen LogP contribution < -0.4 is 5.32 Å². The Balaban J connectivity index is 1.89. The van der Waals surface area contributed by atoms with Crippen molar-refractivity contribution in [1.82, 2.24) is 5.32 Å². The topological polar surface area (TPSA) is 55.4 Å². The van der Waals surface area contributed by atoms with Gasteiger partial charge in [0.05, 0.1) is 6.04 Å². The molecule has 0 radical (unpaired) electrons.